The van der Waals surface area contributed by atoms with Crippen LogP contribution in [0.1, 0.15) is 36.0 Å². The molecule has 0 heterocycles. The summed E-state index contributed by atoms with van der Waals surface area (Å²) in [6.45, 7) is 0. The van der Waals surface area contributed by atoms with Gasteiger partial charge in [-0.2, -0.15) is 0 Å². The quantitative estimate of drug-likeness (QED) is 0.550. The first-order chi connectivity index (χ1) is 8.81. The fourth-order valence-corrected chi connectivity index (χ4v) is 2.50. The fraction of sp³-hybridized carbons (Fsp3) is 0.600. The zero-order chi connectivity index (χ0) is 13.2. The van der Waals surface area contributed by atoms with Crippen molar-refractivity contribution in [3.63, 3.8) is 0 Å². The molecule has 0 saturated heterocycles. The van der Waals surface area contributed by atoms with Crippen LogP contribution < -0.4 is 0 Å². The van der Waals surface area contributed by atoms with Crippen LogP contribution in [0.5, 0.6) is 0 Å². The highest BCUT2D eigenvalue weighted by molar-refractivity contribution is 6.18. The zero-order valence-electron chi connectivity index (χ0n) is 10.7. The van der Waals surface area contributed by atoms with Crippen LogP contribution in [0.25, 0.3) is 0 Å². The van der Waals surface area contributed by atoms with Crippen molar-refractivity contribution in [2.24, 2.45) is 0 Å². The Hall–Kier alpha value is 0.0900. The minimum absolute atomic E-state index is 0.723. The lowest BCUT2D eigenvalue weighted by Crippen LogP contribution is -1.99. The highest BCUT2D eigenvalue weighted by Gasteiger charge is 2.04. The Morgan fingerprint density at radius 1 is 0.667 bits per heavy atom. The Balaban J connectivity index is 2.74. The van der Waals surface area contributed by atoms with Gasteiger partial charge in [0.05, 0.1) is 0 Å². The van der Waals surface area contributed by atoms with Gasteiger partial charge in [-0.3, -0.25) is 0 Å². The van der Waals surface area contributed by atoms with E-state index in [2.05, 4.69) is 18.2 Å². The van der Waals surface area contributed by atoms with Crippen LogP contribution in [0.15, 0.2) is 18.2 Å². The number of benzene rings is 1. The number of alkyl halides is 3. The molecule has 0 amide bonds. The van der Waals surface area contributed by atoms with Crippen molar-refractivity contribution < 1.29 is 0 Å². The van der Waals surface area contributed by atoms with E-state index < -0.39 is 0 Å². The maximum Gasteiger partial charge on any atom is 0.0226 e. The third-order valence-corrected chi connectivity index (χ3v) is 3.83. The zero-order valence-corrected chi connectivity index (χ0v) is 13.0. The van der Waals surface area contributed by atoms with Gasteiger partial charge in [-0.25, -0.2) is 0 Å². The van der Waals surface area contributed by atoms with E-state index in [4.69, 9.17) is 34.8 Å². The predicted octanol–water partition coefficient (Wildman–Crippen LogP) is 5.20. The second-order valence-electron chi connectivity index (χ2n) is 4.48. The molecule has 0 saturated carbocycles. The number of hydrogen-bond acceptors (Lipinski definition) is 0. The largest absolute Gasteiger partial charge is 0.127 e. The van der Waals surface area contributed by atoms with Crippen LogP contribution in [-0.4, -0.2) is 17.6 Å². The van der Waals surface area contributed by atoms with Crippen LogP contribution >= 0.6 is 34.8 Å². The molecule has 0 bridgehead atoms. The molecule has 0 aliphatic carbocycles. The first-order valence-corrected chi connectivity index (χ1v) is 8.20. The highest BCUT2D eigenvalue weighted by atomic mass is 35.5. The van der Waals surface area contributed by atoms with E-state index in [0.29, 0.717) is 0 Å². The maximum atomic E-state index is 5.79. The van der Waals surface area contributed by atoms with Gasteiger partial charge in [0.2, 0.25) is 0 Å². The van der Waals surface area contributed by atoms with Crippen LogP contribution in [0, 0.1) is 0 Å². The van der Waals surface area contributed by atoms with Gasteiger partial charge < -0.3 is 0 Å². The normalized spacial score (nSPS) is 10.8. The summed E-state index contributed by atoms with van der Waals surface area (Å²) < 4.78 is 0. The Morgan fingerprint density at radius 2 is 1.22 bits per heavy atom. The number of hydrogen-bond donors (Lipinski definition) is 0. The average molecular weight is 308 g/mol. The minimum atomic E-state index is 0.723. The standard InChI is InChI=1S/C15H21Cl3/c16-9-1-4-13-7-8-14(5-2-10-17)15(12-13)6-3-11-18/h7-8,12H,1-6,9-11H2. The van der Waals surface area contributed by atoms with Crippen molar-refractivity contribution >= 4 is 34.8 Å². The van der Waals surface area contributed by atoms with Gasteiger partial charge in [-0.1, -0.05) is 18.2 Å². The van der Waals surface area contributed by atoms with Gasteiger partial charge in [0, 0.05) is 17.6 Å². The van der Waals surface area contributed by atoms with Gasteiger partial charge in [0.1, 0.15) is 0 Å². The molecule has 1 aromatic rings. The van der Waals surface area contributed by atoms with E-state index in [9.17, 15) is 0 Å². The summed E-state index contributed by atoms with van der Waals surface area (Å²) in [5.41, 5.74) is 4.25. The SMILES string of the molecule is ClCCCc1ccc(CCCCl)c(CCCCl)c1. The first kappa shape index (κ1) is 16.1. The number of halogens is 3. The second kappa shape index (κ2) is 9.95. The fourth-order valence-electron chi connectivity index (χ4n) is 2.10. The van der Waals surface area contributed by atoms with Crippen molar-refractivity contribution in [2.75, 3.05) is 17.6 Å². The maximum absolute atomic E-state index is 5.79. The Labute approximate surface area is 126 Å². The van der Waals surface area contributed by atoms with Crippen molar-refractivity contribution in [3.05, 3.63) is 34.9 Å². The average Bonchev–Trinajstić information content (AvgIpc) is 2.41. The van der Waals surface area contributed by atoms with Gasteiger partial charge >= 0.3 is 0 Å². The van der Waals surface area contributed by atoms with Crippen molar-refractivity contribution in [2.45, 2.75) is 38.5 Å². The first-order valence-electron chi connectivity index (χ1n) is 6.60. The Bertz CT molecular complexity index is 337. The highest BCUT2D eigenvalue weighted by Crippen LogP contribution is 2.18. The van der Waals surface area contributed by atoms with Crippen molar-refractivity contribution in [1.82, 2.24) is 0 Å². The summed E-state index contributed by atoms with van der Waals surface area (Å²) in [4.78, 5) is 0. The lowest BCUT2D eigenvalue weighted by molar-refractivity contribution is 0.856. The van der Waals surface area contributed by atoms with Crippen molar-refractivity contribution in [3.8, 4) is 0 Å². The molecule has 0 N–H and O–H groups in total. The van der Waals surface area contributed by atoms with Crippen LogP contribution in [-0.2, 0) is 19.3 Å². The van der Waals surface area contributed by atoms with E-state index in [1.165, 1.54) is 16.7 Å². The molecule has 3 heteroatoms. The smallest absolute Gasteiger partial charge is 0.0226 e. The summed E-state index contributed by atoms with van der Waals surface area (Å²) >= 11 is 17.3. The lowest BCUT2D eigenvalue weighted by atomic mass is 9.96. The summed E-state index contributed by atoms with van der Waals surface area (Å²) in [6.07, 6.45) is 6.31. The third-order valence-electron chi connectivity index (χ3n) is 3.03. The predicted molar refractivity (Wildman–Crippen MR) is 83.6 cm³/mol. The Morgan fingerprint density at radius 3 is 1.83 bits per heavy atom. The molecular weight excluding hydrogens is 287 g/mol. The van der Waals surface area contributed by atoms with E-state index in [1.54, 1.807) is 0 Å². The van der Waals surface area contributed by atoms with E-state index >= 15 is 0 Å². The van der Waals surface area contributed by atoms with Crippen LogP contribution in [0.3, 0.4) is 0 Å². The molecule has 0 radical (unpaired) electrons. The summed E-state index contributed by atoms with van der Waals surface area (Å²) in [5.74, 6) is 2.18. The van der Waals surface area contributed by atoms with Crippen LogP contribution in [0.2, 0.25) is 0 Å². The van der Waals surface area contributed by atoms with Gasteiger partial charge in [-0.15, -0.1) is 34.8 Å². The molecule has 102 valence electrons. The number of aryl methyl sites for hydroxylation is 3. The summed E-state index contributed by atoms with van der Waals surface area (Å²) in [5, 5.41) is 0. The van der Waals surface area contributed by atoms with Gasteiger partial charge in [-0.05, 0) is 55.2 Å². The van der Waals surface area contributed by atoms with Gasteiger partial charge in [0.25, 0.3) is 0 Å². The molecule has 0 atom stereocenters. The third kappa shape index (κ3) is 5.82. The number of rotatable bonds is 9. The topological polar surface area (TPSA) is 0 Å². The molecule has 1 aromatic carbocycles. The van der Waals surface area contributed by atoms with E-state index in [-0.39, 0.29) is 0 Å². The van der Waals surface area contributed by atoms with Crippen molar-refractivity contribution in [1.29, 1.82) is 0 Å². The molecule has 0 nitrogen and oxygen atoms in total. The molecule has 0 spiro atoms. The second-order valence-corrected chi connectivity index (χ2v) is 5.61. The summed E-state index contributed by atoms with van der Waals surface area (Å²) in [7, 11) is 0. The molecule has 0 unspecified atom stereocenters. The van der Waals surface area contributed by atoms with E-state index in [1.807, 2.05) is 0 Å². The summed E-state index contributed by atoms with van der Waals surface area (Å²) in [6, 6.07) is 6.79. The van der Waals surface area contributed by atoms with Gasteiger partial charge in [0.15, 0.2) is 0 Å². The Kier molecular flexibility index (Phi) is 8.92. The van der Waals surface area contributed by atoms with Crippen LogP contribution in [0.4, 0.5) is 0 Å². The minimum Gasteiger partial charge on any atom is -0.127 e. The monoisotopic (exact) mass is 306 g/mol. The molecule has 0 aliphatic rings. The lowest BCUT2D eigenvalue weighted by Gasteiger charge is -2.11. The molecule has 18 heavy (non-hydrogen) atoms. The molecular formula is C15H21Cl3. The molecule has 0 aliphatic heterocycles. The van der Waals surface area contributed by atoms with E-state index in [0.717, 1.165) is 56.2 Å². The molecule has 0 fully saturated rings. The molecule has 0 aromatic heterocycles. The molecule has 1 rings (SSSR count).